The number of piperidine rings is 1. The molecule has 1 aliphatic heterocycles. The van der Waals surface area contributed by atoms with Crippen molar-refractivity contribution >= 4 is 28.9 Å². The zero-order valence-corrected chi connectivity index (χ0v) is 15.9. The van der Waals surface area contributed by atoms with Gasteiger partial charge in [-0.25, -0.2) is 4.98 Å². The number of carbonyl (C=O) groups excluding carboxylic acids is 1. The molecule has 1 aliphatic rings. The predicted octanol–water partition coefficient (Wildman–Crippen LogP) is 3.76. The molecule has 1 atom stereocenters. The number of thiophene rings is 1. The fraction of sp³-hybridized carbons (Fsp3) is 0.300. The summed E-state index contributed by atoms with van der Waals surface area (Å²) in [5, 5.41) is 13.7. The first kappa shape index (κ1) is 17.6. The molecule has 1 N–H and O–H groups in total. The van der Waals surface area contributed by atoms with Gasteiger partial charge < -0.3 is 10.2 Å². The number of pyridine rings is 1. The Balaban J connectivity index is 1.42. The molecule has 0 aliphatic carbocycles. The molecule has 3 aromatic rings. The van der Waals surface area contributed by atoms with Gasteiger partial charge in [0, 0.05) is 18.8 Å². The zero-order valence-electron chi connectivity index (χ0n) is 15.1. The molecule has 1 amide bonds. The van der Waals surface area contributed by atoms with E-state index in [1.165, 1.54) is 0 Å². The number of aromatic nitrogens is 3. The fourth-order valence-electron chi connectivity index (χ4n) is 3.29. The van der Waals surface area contributed by atoms with Crippen LogP contribution in [0.2, 0.25) is 0 Å². The fourth-order valence-corrected chi connectivity index (χ4v) is 3.98. The largest absolute Gasteiger partial charge is 0.354 e. The van der Waals surface area contributed by atoms with Crippen LogP contribution in [0.4, 0.5) is 11.6 Å². The standard InChI is InChI=1S/C20H21N5OS/c1-14-5-2-8-18(21-14)22-20(26)15-6-3-11-25(13-15)19-10-9-16(23-24-19)17-7-4-12-27-17/h2,4-5,7-10,12,15H,3,6,11,13H2,1H3,(H,21,22,26). The van der Waals surface area contributed by atoms with E-state index in [9.17, 15) is 4.79 Å². The van der Waals surface area contributed by atoms with E-state index in [0.717, 1.165) is 41.5 Å². The van der Waals surface area contributed by atoms with Crippen LogP contribution in [0.5, 0.6) is 0 Å². The lowest BCUT2D eigenvalue weighted by Crippen LogP contribution is -2.41. The van der Waals surface area contributed by atoms with Crippen LogP contribution in [-0.4, -0.2) is 34.2 Å². The second kappa shape index (κ2) is 7.84. The average molecular weight is 379 g/mol. The highest BCUT2D eigenvalue weighted by molar-refractivity contribution is 7.13. The summed E-state index contributed by atoms with van der Waals surface area (Å²) in [4.78, 5) is 20.3. The van der Waals surface area contributed by atoms with E-state index < -0.39 is 0 Å². The van der Waals surface area contributed by atoms with E-state index in [1.807, 2.05) is 54.8 Å². The zero-order chi connectivity index (χ0) is 18.6. The molecule has 27 heavy (non-hydrogen) atoms. The minimum Gasteiger partial charge on any atom is -0.354 e. The average Bonchev–Trinajstić information content (AvgIpc) is 3.23. The monoisotopic (exact) mass is 379 g/mol. The van der Waals surface area contributed by atoms with Crippen LogP contribution >= 0.6 is 11.3 Å². The maximum Gasteiger partial charge on any atom is 0.230 e. The van der Waals surface area contributed by atoms with Gasteiger partial charge in [-0.2, -0.15) is 0 Å². The van der Waals surface area contributed by atoms with Gasteiger partial charge >= 0.3 is 0 Å². The van der Waals surface area contributed by atoms with E-state index >= 15 is 0 Å². The van der Waals surface area contributed by atoms with Crippen molar-refractivity contribution in [2.45, 2.75) is 19.8 Å². The second-order valence-electron chi connectivity index (χ2n) is 6.69. The van der Waals surface area contributed by atoms with Gasteiger partial charge in [0.1, 0.15) is 11.5 Å². The van der Waals surface area contributed by atoms with E-state index in [1.54, 1.807) is 11.3 Å². The Morgan fingerprint density at radius 3 is 2.85 bits per heavy atom. The molecule has 0 saturated carbocycles. The third-order valence-electron chi connectivity index (χ3n) is 4.68. The molecule has 0 spiro atoms. The molecule has 138 valence electrons. The van der Waals surface area contributed by atoms with Crippen LogP contribution in [-0.2, 0) is 4.79 Å². The predicted molar refractivity (Wildman–Crippen MR) is 108 cm³/mol. The summed E-state index contributed by atoms with van der Waals surface area (Å²) in [5.41, 5.74) is 1.77. The number of hydrogen-bond acceptors (Lipinski definition) is 6. The Kier molecular flexibility index (Phi) is 5.11. The molecule has 4 rings (SSSR count). The lowest BCUT2D eigenvalue weighted by molar-refractivity contribution is -0.120. The Morgan fingerprint density at radius 1 is 1.19 bits per heavy atom. The van der Waals surface area contributed by atoms with Crippen molar-refractivity contribution in [2.75, 3.05) is 23.3 Å². The summed E-state index contributed by atoms with van der Waals surface area (Å²) in [5.74, 6) is 1.36. The molecule has 1 fully saturated rings. The van der Waals surface area contributed by atoms with Gasteiger partial charge in [-0.1, -0.05) is 12.1 Å². The van der Waals surface area contributed by atoms with E-state index in [0.29, 0.717) is 12.4 Å². The number of nitrogens with zero attached hydrogens (tertiary/aromatic N) is 4. The molecule has 0 radical (unpaired) electrons. The molecular weight excluding hydrogens is 358 g/mol. The second-order valence-corrected chi connectivity index (χ2v) is 7.64. The van der Waals surface area contributed by atoms with Gasteiger partial charge in [0.2, 0.25) is 5.91 Å². The van der Waals surface area contributed by atoms with Crippen LogP contribution in [0.1, 0.15) is 18.5 Å². The molecule has 6 nitrogen and oxygen atoms in total. The smallest absolute Gasteiger partial charge is 0.230 e. The summed E-state index contributed by atoms with van der Waals surface area (Å²) >= 11 is 1.65. The maximum atomic E-state index is 12.7. The molecule has 7 heteroatoms. The topological polar surface area (TPSA) is 71.0 Å². The van der Waals surface area contributed by atoms with Gasteiger partial charge in [0.25, 0.3) is 0 Å². The van der Waals surface area contributed by atoms with Crippen LogP contribution in [0, 0.1) is 12.8 Å². The lowest BCUT2D eigenvalue weighted by Gasteiger charge is -2.32. The first-order chi connectivity index (χ1) is 13.2. The number of carbonyl (C=O) groups is 1. The number of nitrogens with one attached hydrogen (secondary N) is 1. The van der Waals surface area contributed by atoms with Gasteiger partial charge in [-0.3, -0.25) is 4.79 Å². The van der Waals surface area contributed by atoms with Gasteiger partial charge in [-0.05, 0) is 55.5 Å². The summed E-state index contributed by atoms with van der Waals surface area (Å²) in [6.07, 6.45) is 1.82. The Labute approximate surface area is 162 Å². The van der Waals surface area contributed by atoms with E-state index in [4.69, 9.17) is 0 Å². The summed E-state index contributed by atoms with van der Waals surface area (Å²) in [7, 11) is 0. The number of amides is 1. The minimum atomic E-state index is -0.0835. The molecule has 4 heterocycles. The van der Waals surface area contributed by atoms with Gasteiger partial charge in [-0.15, -0.1) is 21.5 Å². The highest BCUT2D eigenvalue weighted by atomic mass is 32.1. The molecule has 0 bridgehead atoms. The van der Waals surface area contributed by atoms with E-state index in [2.05, 4.69) is 25.4 Å². The molecule has 3 aromatic heterocycles. The van der Waals surface area contributed by atoms with Crippen molar-refractivity contribution in [2.24, 2.45) is 5.92 Å². The van der Waals surface area contributed by atoms with Gasteiger partial charge in [0.15, 0.2) is 5.82 Å². The third-order valence-corrected chi connectivity index (χ3v) is 5.57. The van der Waals surface area contributed by atoms with Crippen molar-refractivity contribution in [3.63, 3.8) is 0 Å². The van der Waals surface area contributed by atoms with Crippen molar-refractivity contribution in [3.8, 4) is 10.6 Å². The summed E-state index contributed by atoms with van der Waals surface area (Å²) < 4.78 is 0. The number of anilines is 2. The van der Waals surface area contributed by atoms with Crippen LogP contribution in [0.3, 0.4) is 0 Å². The first-order valence-corrected chi connectivity index (χ1v) is 9.94. The highest BCUT2D eigenvalue weighted by Gasteiger charge is 2.27. The summed E-state index contributed by atoms with van der Waals surface area (Å²) in [6.45, 7) is 3.45. The van der Waals surface area contributed by atoms with Crippen LogP contribution in [0.25, 0.3) is 10.6 Å². The third kappa shape index (κ3) is 4.14. The molecule has 1 saturated heterocycles. The van der Waals surface area contributed by atoms with Crippen LogP contribution < -0.4 is 10.2 Å². The first-order valence-electron chi connectivity index (χ1n) is 9.06. The van der Waals surface area contributed by atoms with E-state index in [-0.39, 0.29) is 11.8 Å². The lowest BCUT2D eigenvalue weighted by atomic mass is 9.97. The summed E-state index contributed by atoms with van der Waals surface area (Å²) in [6, 6.07) is 13.7. The van der Waals surface area contributed by atoms with Crippen molar-refractivity contribution in [3.05, 3.63) is 53.5 Å². The minimum absolute atomic E-state index is 0.0148. The maximum absolute atomic E-state index is 12.7. The van der Waals surface area contributed by atoms with Crippen molar-refractivity contribution in [1.29, 1.82) is 0 Å². The highest BCUT2D eigenvalue weighted by Crippen LogP contribution is 2.26. The molecular formula is C20H21N5OS. The van der Waals surface area contributed by atoms with Crippen molar-refractivity contribution in [1.82, 2.24) is 15.2 Å². The normalized spacial score (nSPS) is 16.9. The molecule has 1 unspecified atom stereocenters. The Morgan fingerprint density at radius 2 is 2.11 bits per heavy atom. The molecule has 0 aromatic carbocycles. The number of aryl methyl sites for hydroxylation is 1. The Hall–Kier alpha value is -2.80. The number of hydrogen-bond donors (Lipinski definition) is 1. The van der Waals surface area contributed by atoms with Crippen molar-refractivity contribution < 1.29 is 4.79 Å². The SMILES string of the molecule is Cc1cccc(NC(=O)C2CCCN(c3ccc(-c4cccs4)nn3)C2)n1. The number of rotatable bonds is 4. The quantitative estimate of drug-likeness (QED) is 0.747. The van der Waals surface area contributed by atoms with Crippen LogP contribution in [0.15, 0.2) is 47.8 Å². The Bertz CT molecular complexity index is 910. The van der Waals surface area contributed by atoms with Gasteiger partial charge in [0.05, 0.1) is 10.8 Å².